The summed E-state index contributed by atoms with van der Waals surface area (Å²) < 4.78 is 12.0. The summed E-state index contributed by atoms with van der Waals surface area (Å²) >= 11 is 6.02. The fourth-order valence-corrected chi connectivity index (χ4v) is 2.65. The molecule has 0 saturated heterocycles. The Balaban J connectivity index is 2.15. The van der Waals surface area contributed by atoms with E-state index >= 15 is 0 Å². The molecule has 130 valence electrons. The van der Waals surface area contributed by atoms with Gasteiger partial charge in [0.1, 0.15) is 17.7 Å². The third-order valence-corrected chi connectivity index (χ3v) is 3.65. The van der Waals surface area contributed by atoms with E-state index in [4.69, 9.17) is 20.8 Å². The second kappa shape index (κ2) is 6.37. The molecule has 0 fully saturated rings. The fraction of sp³-hybridized carbons (Fsp3) is 0.278. The SMILES string of the molecule is CC(C)(C)OC(=O)Cn1cc(-c2ccoc2)c(=O)c2ncc(Cl)cc21. The number of carbonyl (C=O) groups is 1. The van der Waals surface area contributed by atoms with Gasteiger partial charge in [-0.2, -0.15) is 0 Å². The van der Waals surface area contributed by atoms with Crippen molar-refractivity contribution in [2.45, 2.75) is 32.9 Å². The van der Waals surface area contributed by atoms with Gasteiger partial charge in [-0.25, -0.2) is 4.98 Å². The minimum atomic E-state index is -0.602. The summed E-state index contributed by atoms with van der Waals surface area (Å²) in [5.74, 6) is -0.421. The monoisotopic (exact) mass is 360 g/mol. The van der Waals surface area contributed by atoms with Crippen molar-refractivity contribution < 1.29 is 13.9 Å². The molecule has 3 aromatic heterocycles. The summed E-state index contributed by atoms with van der Waals surface area (Å²) in [5, 5.41) is 0.376. The molecule has 0 bridgehead atoms. The first-order valence-electron chi connectivity index (χ1n) is 7.68. The van der Waals surface area contributed by atoms with Crippen LogP contribution >= 0.6 is 11.6 Å². The van der Waals surface area contributed by atoms with E-state index < -0.39 is 11.6 Å². The highest BCUT2D eigenvalue weighted by atomic mass is 35.5. The van der Waals surface area contributed by atoms with Gasteiger partial charge in [0.05, 0.1) is 28.6 Å². The number of esters is 1. The van der Waals surface area contributed by atoms with Crippen LogP contribution in [-0.2, 0) is 16.1 Å². The Morgan fingerprint density at radius 1 is 1.40 bits per heavy atom. The van der Waals surface area contributed by atoms with Crippen LogP contribution in [0.1, 0.15) is 20.8 Å². The number of ether oxygens (including phenoxy) is 1. The molecular formula is C18H17ClN2O4. The van der Waals surface area contributed by atoms with E-state index in [1.807, 2.05) is 0 Å². The Hall–Kier alpha value is -2.60. The lowest BCUT2D eigenvalue weighted by molar-refractivity contribution is -0.155. The fourth-order valence-electron chi connectivity index (χ4n) is 2.50. The Bertz CT molecular complexity index is 985. The number of hydrogen-bond donors (Lipinski definition) is 0. The number of furan rings is 1. The topological polar surface area (TPSA) is 74.3 Å². The molecule has 0 aromatic carbocycles. The van der Waals surface area contributed by atoms with E-state index in [0.29, 0.717) is 21.7 Å². The quantitative estimate of drug-likeness (QED) is 0.666. The normalized spacial score (nSPS) is 11.7. The van der Waals surface area contributed by atoms with Gasteiger partial charge in [-0.15, -0.1) is 0 Å². The highest BCUT2D eigenvalue weighted by Crippen LogP contribution is 2.22. The predicted octanol–water partition coefficient (Wildman–Crippen LogP) is 3.65. The number of aromatic nitrogens is 2. The number of rotatable bonds is 3. The number of pyridine rings is 2. The molecule has 3 rings (SSSR count). The van der Waals surface area contributed by atoms with Crippen LogP contribution in [0.2, 0.25) is 5.02 Å². The van der Waals surface area contributed by atoms with Gasteiger partial charge in [0, 0.05) is 18.0 Å². The highest BCUT2D eigenvalue weighted by molar-refractivity contribution is 6.31. The maximum atomic E-state index is 12.7. The molecule has 0 aliphatic heterocycles. The van der Waals surface area contributed by atoms with Gasteiger partial charge in [-0.05, 0) is 32.9 Å². The minimum absolute atomic E-state index is 0.0685. The number of hydrogen-bond acceptors (Lipinski definition) is 5. The molecule has 0 saturated carbocycles. The van der Waals surface area contributed by atoms with E-state index in [0.717, 1.165) is 0 Å². The first-order chi connectivity index (χ1) is 11.7. The van der Waals surface area contributed by atoms with Gasteiger partial charge in [-0.3, -0.25) is 9.59 Å². The average Bonchev–Trinajstić information content (AvgIpc) is 3.02. The molecule has 0 spiro atoms. The lowest BCUT2D eigenvalue weighted by Crippen LogP contribution is -2.27. The minimum Gasteiger partial charge on any atom is -0.472 e. The van der Waals surface area contributed by atoms with E-state index in [2.05, 4.69) is 4.98 Å². The number of halogens is 1. The lowest BCUT2D eigenvalue weighted by Gasteiger charge is -2.20. The zero-order chi connectivity index (χ0) is 18.2. The zero-order valence-electron chi connectivity index (χ0n) is 14.1. The molecule has 6 nitrogen and oxygen atoms in total. The molecule has 3 aromatic rings. The van der Waals surface area contributed by atoms with Crippen LogP contribution in [0.25, 0.3) is 22.2 Å². The van der Waals surface area contributed by atoms with Crippen LogP contribution < -0.4 is 5.43 Å². The van der Waals surface area contributed by atoms with E-state index in [1.165, 1.54) is 18.7 Å². The highest BCUT2D eigenvalue weighted by Gasteiger charge is 2.19. The lowest BCUT2D eigenvalue weighted by atomic mass is 10.1. The second-order valence-corrected chi connectivity index (χ2v) is 7.06. The standard InChI is InChI=1S/C18H17ClN2O4/c1-18(2,3)25-15(22)9-21-8-13(11-4-5-24-10-11)17(23)16-14(21)6-12(19)7-20-16/h4-8,10H,9H2,1-3H3. The second-order valence-electron chi connectivity index (χ2n) is 6.62. The number of fused-ring (bicyclic) bond motifs is 1. The van der Waals surface area contributed by atoms with Crippen molar-refractivity contribution in [1.82, 2.24) is 9.55 Å². The van der Waals surface area contributed by atoms with Crippen molar-refractivity contribution in [2.24, 2.45) is 0 Å². The predicted molar refractivity (Wildman–Crippen MR) is 94.6 cm³/mol. The third kappa shape index (κ3) is 3.74. The molecule has 7 heteroatoms. The Kier molecular flexibility index (Phi) is 4.39. The van der Waals surface area contributed by atoms with Gasteiger partial charge >= 0.3 is 5.97 Å². The molecule has 0 aliphatic carbocycles. The van der Waals surface area contributed by atoms with Gasteiger partial charge in [0.15, 0.2) is 0 Å². The van der Waals surface area contributed by atoms with Crippen LogP contribution in [0.3, 0.4) is 0 Å². The van der Waals surface area contributed by atoms with E-state index in [1.54, 1.807) is 43.7 Å². The van der Waals surface area contributed by atoms with Gasteiger partial charge in [0.2, 0.25) is 5.43 Å². The molecule has 0 radical (unpaired) electrons. The Morgan fingerprint density at radius 3 is 2.80 bits per heavy atom. The number of nitrogens with zero attached hydrogens (tertiary/aromatic N) is 2. The van der Waals surface area contributed by atoms with Crippen LogP contribution in [0, 0.1) is 0 Å². The first-order valence-corrected chi connectivity index (χ1v) is 8.05. The van der Waals surface area contributed by atoms with Crippen LogP contribution in [0.5, 0.6) is 0 Å². The number of carbonyl (C=O) groups excluding carboxylic acids is 1. The molecular weight excluding hydrogens is 344 g/mol. The van der Waals surface area contributed by atoms with Crippen LogP contribution in [0.15, 0.2) is 46.3 Å². The van der Waals surface area contributed by atoms with Gasteiger partial charge in [0.25, 0.3) is 0 Å². The van der Waals surface area contributed by atoms with Crippen LogP contribution in [-0.4, -0.2) is 21.1 Å². The Morgan fingerprint density at radius 2 is 2.16 bits per heavy atom. The summed E-state index contributed by atoms with van der Waals surface area (Å²) in [5.41, 5.74) is 0.840. The first kappa shape index (κ1) is 17.2. The summed E-state index contributed by atoms with van der Waals surface area (Å²) in [6.07, 6.45) is 5.95. The zero-order valence-corrected chi connectivity index (χ0v) is 14.8. The molecule has 0 unspecified atom stereocenters. The van der Waals surface area contributed by atoms with Crippen molar-refractivity contribution in [2.75, 3.05) is 0 Å². The average molecular weight is 361 g/mol. The molecule has 0 atom stereocenters. The largest absolute Gasteiger partial charge is 0.472 e. The Labute approximate surface area is 149 Å². The van der Waals surface area contributed by atoms with Crippen molar-refractivity contribution in [3.63, 3.8) is 0 Å². The van der Waals surface area contributed by atoms with Gasteiger partial charge in [-0.1, -0.05) is 11.6 Å². The third-order valence-electron chi connectivity index (χ3n) is 3.44. The summed E-state index contributed by atoms with van der Waals surface area (Å²) in [4.78, 5) is 29.1. The van der Waals surface area contributed by atoms with Crippen molar-refractivity contribution in [1.29, 1.82) is 0 Å². The van der Waals surface area contributed by atoms with Crippen LogP contribution in [0.4, 0.5) is 0 Å². The smallest absolute Gasteiger partial charge is 0.326 e. The van der Waals surface area contributed by atoms with Gasteiger partial charge < -0.3 is 13.7 Å². The van der Waals surface area contributed by atoms with E-state index in [-0.39, 0.29) is 17.5 Å². The maximum absolute atomic E-state index is 12.7. The molecule has 25 heavy (non-hydrogen) atoms. The van der Waals surface area contributed by atoms with Crippen molar-refractivity contribution in [3.05, 3.63) is 52.3 Å². The van der Waals surface area contributed by atoms with Crippen molar-refractivity contribution in [3.8, 4) is 11.1 Å². The maximum Gasteiger partial charge on any atom is 0.326 e. The molecule has 0 aliphatic rings. The molecule has 0 amide bonds. The summed E-state index contributed by atoms with van der Waals surface area (Å²) in [6.45, 7) is 5.32. The molecule has 0 N–H and O–H groups in total. The summed E-state index contributed by atoms with van der Waals surface area (Å²) in [7, 11) is 0. The summed E-state index contributed by atoms with van der Waals surface area (Å²) in [6, 6.07) is 3.28. The van der Waals surface area contributed by atoms with Crippen molar-refractivity contribution >= 4 is 28.6 Å². The molecule has 3 heterocycles. The van der Waals surface area contributed by atoms with E-state index in [9.17, 15) is 9.59 Å².